The normalized spacial score (nSPS) is 24.7. The van der Waals surface area contributed by atoms with Gasteiger partial charge in [0.2, 0.25) is 0 Å². The van der Waals surface area contributed by atoms with E-state index in [0.29, 0.717) is 0 Å². The molecule has 1 heterocycles. The number of hydrogen-bond donors (Lipinski definition) is 1. The topological polar surface area (TPSA) is 12.0 Å². The lowest BCUT2D eigenvalue weighted by atomic mass is 9.78. The molecule has 1 aliphatic carbocycles. The zero-order chi connectivity index (χ0) is 13.0. The fourth-order valence-corrected chi connectivity index (χ4v) is 4.56. The van der Waals surface area contributed by atoms with Crippen molar-refractivity contribution in [2.75, 3.05) is 6.54 Å². The van der Waals surface area contributed by atoms with Gasteiger partial charge in [-0.15, -0.1) is 11.3 Å². The molecule has 2 atom stereocenters. The molecule has 1 nitrogen and oxygen atoms in total. The maximum atomic E-state index is 3.80. The molecular weight excluding hydrogens is 306 g/mol. The van der Waals surface area contributed by atoms with Gasteiger partial charge < -0.3 is 5.32 Å². The zero-order valence-electron chi connectivity index (χ0n) is 11.4. The van der Waals surface area contributed by atoms with Crippen molar-refractivity contribution in [3.8, 4) is 0 Å². The summed E-state index contributed by atoms with van der Waals surface area (Å²) in [6.07, 6.45) is 6.79. The second-order valence-corrected chi connectivity index (χ2v) is 8.26. The largest absolute Gasteiger partial charge is 0.313 e. The lowest BCUT2D eigenvalue weighted by molar-refractivity contribution is 0.207. The van der Waals surface area contributed by atoms with Crippen molar-refractivity contribution >= 4 is 27.3 Å². The molecule has 18 heavy (non-hydrogen) atoms. The van der Waals surface area contributed by atoms with Crippen LogP contribution < -0.4 is 5.32 Å². The van der Waals surface area contributed by atoms with E-state index >= 15 is 0 Å². The van der Waals surface area contributed by atoms with Crippen LogP contribution in [0.2, 0.25) is 0 Å². The minimum Gasteiger partial charge on any atom is -0.313 e. The van der Waals surface area contributed by atoms with Gasteiger partial charge >= 0.3 is 0 Å². The van der Waals surface area contributed by atoms with Crippen LogP contribution in [0.1, 0.15) is 44.4 Å². The number of rotatable bonds is 5. The Morgan fingerprint density at radius 2 is 2.11 bits per heavy atom. The van der Waals surface area contributed by atoms with Gasteiger partial charge in [-0.2, -0.15) is 0 Å². The van der Waals surface area contributed by atoms with Crippen LogP contribution in [0, 0.1) is 11.8 Å². The van der Waals surface area contributed by atoms with Crippen LogP contribution in [0.15, 0.2) is 15.9 Å². The lowest BCUT2D eigenvalue weighted by Gasteiger charge is -2.35. The minimum absolute atomic E-state index is 0.752. The first-order valence-electron chi connectivity index (χ1n) is 7.14. The Bertz CT molecular complexity index is 361. The van der Waals surface area contributed by atoms with Gasteiger partial charge in [0.05, 0.1) is 3.79 Å². The molecule has 2 rings (SSSR count). The van der Waals surface area contributed by atoms with E-state index in [-0.39, 0.29) is 0 Å². The molecule has 1 fully saturated rings. The summed E-state index contributed by atoms with van der Waals surface area (Å²) in [6, 6.07) is 5.14. The van der Waals surface area contributed by atoms with Crippen LogP contribution in [0.3, 0.4) is 0 Å². The Morgan fingerprint density at radius 3 is 2.78 bits per heavy atom. The number of thiophene rings is 1. The first kappa shape index (κ1) is 14.5. The first-order valence-corrected chi connectivity index (χ1v) is 8.75. The quantitative estimate of drug-likeness (QED) is 0.813. The van der Waals surface area contributed by atoms with E-state index in [1.54, 1.807) is 0 Å². The number of halogens is 1. The highest BCUT2D eigenvalue weighted by molar-refractivity contribution is 9.11. The van der Waals surface area contributed by atoms with Gasteiger partial charge in [0.1, 0.15) is 0 Å². The maximum Gasteiger partial charge on any atom is 0.0701 e. The average molecular weight is 330 g/mol. The third-order valence-corrected chi connectivity index (χ3v) is 5.77. The van der Waals surface area contributed by atoms with E-state index in [0.717, 1.165) is 30.8 Å². The molecule has 3 heteroatoms. The molecule has 0 radical (unpaired) electrons. The van der Waals surface area contributed by atoms with Gasteiger partial charge in [0.25, 0.3) is 0 Å². The molecule has 0 bridgehead atoms. The van der Waals surface area contributed by atoms with E-state index in [2.05, 4.69) is 47.2 Å². The summed E-state index contributed by atoms with van der Waals surface area (Å²) in [7, 11) is 0. The average Bonchev–Trinajstić information content (AvgIpc) is 2.75. The molecule has 0 aromatic carbocycles. The van der Waals surface area contributed by atoms with Crippen molar-refractivity contribution in [2.24, 2.45) is 11.8 Å². The third-order valence-electron chi connectivity index (χ3n) is 4.08. The maximum absolute atomic E-state index is 3.80. The molecule has 0 spiro atoms. The van der Waals surface area contributed by atoms with Crippen LogP contribution in [-0.4, -0.2) is 12.6 Å². The molecule has 1 aromatic heterocycles. The molecule has 1 N–H and O–H groups in total. The molecular formula is C15H24BrNS. The van der Waals surface area contributed by atoms with E-state index in [9.17, 15) is 0 Å². The highest BCUT2D eigenvalue weighted by Crippen LogP contribution is 2.30. The SMILES string of the molecule is CC(C)C1CCCCC1NCCc1ccc(Br)s1. The summed E-state index contributed by atoms with van der Waals surface area (Å²) in [5, 5.41) is 3.80. The fraction of sp³-hybridized carbons (Fsp3) is 0.733. The van der Waals surface area contributed by atoms with Crippen molar-refractivity contribution in [1.29, 1.82) is 0 Å². The van der Waals surface area contributed by atoms with Crippen molar-refractivity contribution in [3.63, 3.8) is 0 Å². The monoisotopic (exact) mass is 329 g/mol. The molecule has 0 saturated heterocycles. The summed E-state index contributed by atoms with van der Waals surface area (Å²) in [4.78, 5) is 1.48. The smallest absolute Gasteiger partial charge is 0.0701 e. The lowest BCUT2D eigenvalue weighted by Crippen LogP contribution is -2.41. The second-order valence-electron chi connectivity index (χ2n) is 5.71. The summed E-state index contributed by atoms with van der Waals surface area (Å²) < 4.78 is 1.25. The number of nitrogens with one attached hydrogen (secondary N) is 1. The highest BCUT2D eigenvalue weighted by Gasteiger charge is 2.26. The molecule has 1 aromatic rings. The zero-order valence-corrected chi connectivity index (χ0v) is 13.8. The van der Waals surface area contributed by atoms with Crippen LogP contribution >= 0.6 is 27.3 Å². The molecule has 2 unspecified atom stereocenters. The van der Waals surface area contributed by atoms with Crippen LogP contribution in [0.5, 0.6) is 0 Å². The Hall–Kier alpha value is 0.140. The van der Waals surface area contributed by atoms with Gasteiger partial charge in [0.15, 0.2) is 0 Å². The summed E-state index contributed by atoms with van der Waals surface area (Å²) in [6.45, 7) is 5.88. The predicted molar refractivity (Wildman–Crippen MR) is 84.3 cm³/mol. The first-order chi connectivity index (χ1) is 8.66. The third kappa shape index (κ3) is 4.07. The van der Waals surface area contributed by atoms with Crippen molar-refractivity contribution in [3.05, 3.63) is 20.8 Å². The predicted octanol–water partition coefficient (Wildman–Crippen LogP) is 4.86. The summed E-state index contributed by atoms with van der Waals surface area (Å²) >= 11 is 5.39. The fourth-order valence-electron chi connectivity index (χ4n) is 3.08. The van der Waals surface area contributed by atoms with Crippen molar-refractivity contribution in [1.82, 2.24) is 5.32 Å². The summed E-state index contributed by atoms with van der Waals surface area (Å²) in [5.74, 6) is 1.70. The van der Waals surface area contributed by atoms with Gasteiger partial charge in [0, 0.05) is 17.5 Å². The van der Waals surface area contributed by atoms with Crippen molar-refractivity contribution < 1.29 is 0 Å². The van der Waals surface area contributed by atoms with E-state index < -0.39 is 0 Å². The van der Waals surface area contributed by atoms with E-state index in [1.165, 1.54) is 34.3 Å². The number of hydrogen-bond acceptors (Lipinski definition) is 2. The van der Waals surface area contributed by atoms with E-state index in [4.69, 9.17) is 0 Å². The van der Waals surface area contributed by atoms with Gasteiger partial charge in [-0.25, -0.2) is 0 Å². The Morgan fingerprint density at radius 1 is 1.33 bits per heavy atom. The Kier molecular flexibility index (Phi) is 5.71. The standard InChI is InChI=1S/C15H24BrNS/c1-11(2)13-5-3-4-6-14(13)17-10-9-12-7-8-15(16)18-12/h7-8,11,13-14,17H,3-6,9-10H2,1-2H3. The van der Waals surface area contributed by atoms with Crippen LogP contribution in [-0.2, 0) is 6.42 Å². The van der Waals surface area contributed by atoms with E-state index in [1.807, 2.05) is 11.3 Å². The molecule has 0 aliphatic heterocycles. The Labute approximate surface area is 123 Å². The molecule has 1 aliphatic rings. The summed E-state index contributed by atoms with van der Waals surface area (Å²) in [5.41, 5.74) is 0. The van der Waals surface area contributed by atoms with Crippen molar-refractivity contribution in [2.45, 2.75) is 52.0 Å². The minimum atomic E-state index is 0.752. The second kappa shape index (κ2) is 7.06. The van der Waals surface area contributed by atoms with Crippen LogP contribution in [0.4, 0.5) is 0 Å². The van der Waals surface area contributed by atoms with Crippen LogP contribution in [0.25, 0.3) is 0 Å². The highest BCUT2D eigenvalue weighted by atomic mass is 79.9. The molecule has 0 amide bonds. The van der Waals surface area contributed by atoms with Gasteiger partial charge in [-0.1, -0.05) is 26.7 Å². The Balaban J connectivity index is 1.77. The van der Waals surface area contributed by atoms with Gasteiger partial charge in [-0.05, 0) is 59.2 Å². The van der Waals surface area contributed by atoms with Gasteiger partial charge in [-0.3, -0.25) is 0 Å². The molecule has 1 saturated carbocycles. The molecule has 102 valence electrons.